The lowest BCUT2D eigenvalue weighted by molar-refractivity contribution is -0.114. The Bertz CT molecular complexity index is 1080. The Hall–Kier alpha value is -2.52. The number of aliphatic imine (C=N–C) groups is 1. The number of nitrogens with one attached hydrogen (secondary N) is 1. The molecule has 158 valence electrons. The molecule has 2 aromatic carbocycles. The normalized spacial score (nSPS) is 21.6. The second-order valence-corrected chi connectivity index (χ2v) is 10.8. The summed E-state index contributed by atoms with van der Waals surface area (Å²) in [5.41, 5.74) is 2.59. The summed E-state index contributed by atoms with van der Waals surface area (Å²) < 4.78 is 29.0. The number of amidine groups is 1. The number of sulfone groups is 1. The molecule has 9 heteroatoms. The van der Waals surface area contributed by atoms with E-state index in [1.165, 1.54) is 11.8 Å². The molecule has 0 aromatic heterocycles. The Morgan fingerprint density at radius 2 is 2.00 bits per heavy atom. The zero-order valence-corrected chi connectivity index (χ0v) is 18.4. The van der Waals surface area contributed by atoms with Gasteiger partial charge in [0.1, 0.15) is 12.3 Å². The van der Waals surface area contributed by atoms with Crippen LogP contribution in [-0.2, 0) is 14.6 Å². The molecule has 2 heterocycles. The molecule has 0 bridgehead atoms. The lowest BCUT2D eigenvalue weighted by atomic mass is 10.2. The highest BCUT2D eigenvalue weighted by Crippen LogP contribution is 2.37. The van der Waals surface area contributed by atoms with Gasteiger partial charge >= 0.3 is 0 Å². The number of nitrogens with zero attached hydrogens (tertiary/aromatic N) is 2. The van der Waals surface area contributed by atoms with Gasteiger partial charge in [0.25, 0.3) is 0 Å². The largest absolute Gasteiger partial charge is 0.497 e. The number of fused-ring (bicyclic) bond motifs is 1. The minimum absolute atomic E-state index is 0.0678. The quantitative estimate of drug-likeness (QED) is 0.761. The fraction of sp³-hybridized carbons (Fsp3) is 0.333. The summed E-state index contributed by atoms with van der Waals surface area (Å²) in [6, 6.07) is 14.8. The van der Waals surface area contributed by atoms with Gasteiger partial charge in [0.15, 0.2) is 15.0 Å². The summed E-state index contributed by atoms with van der Waals surface area (Å²) in [5.74, 6) is 0.734. The molecule has 0 unspecified atom stereocenters. The minimum Gasteiger partial charge on any atom is -0.497 e. The molecule has 2 atom stereocenters. The van der Waals surface area contributed by atoms with Crippen molar-refractivity contribution in [2.45, 2.75) is 18.2 Å². The van der Waals surface area contributed by atoms with Gasteiger partial charge in [-0.25, -0.2) is 8.42 Å². The number of hydrogen-bond donors (Lipinski definition) is 1. The number of carbonyl (C=O) groups is 1. The summed E-state index contributed by atoms with van der Waals surface area (Å²) >= 11 is 1.43. The molecule has 2 aromatic rings. The van der Waals surface area contributed by atoms with Crippen molar-refractivity contribution in [3.63, 3.8) is 0 Å². The van der Waals surface area contributed by atoms with Crippen molar-refractivity contribution in [3.05, 3.63) is 54.1 Å². The molecule has 1 saturated heterocycles. The van der Waals surface area contributed by atoms with Gasteiger partial charge in [0.05, 0.1) is 24.7 Å². The highest BCUT2D eigenvalue weighted by molar-refractivity contribution is 8.15. The van der Waals surface area contributed by atoms with Crippen LogP contribution in [0.15, 0.2) is 53.5 Å². The van der Waals surface area contributed by atoms with Gasteiger partial charge in [-0.1, -0.05) is 23.9 Å². The third kappa shape index (κ3) is 4.62. The fourth-order valence-corrected chi connectivity index (χ4v) is 7.35. The SMILES string of the molecule is COc1ccc(N(CC(=O)Nc2cccc(C)c2)C2=N[C@H]3CS(=O)(=O)C[C@H]3S2)cc1. The Balaban J connectivity index is 1.57. The van der Waals surface area contributed by atoms with Gasteiger partial charge in [-0.15, -0.1) is 0 Å². The van der Waals surface area contributed by atoms with Crippen LogP contribution in [0.2, 0.25) is 0 Å². The van der Waals surface area contributed by atoms with Gasteiger partial charge in [0, 0.05) is 16.6 Å². The van der Waals surface area contributed by atoms with Gasteiger partial charge in [0.2, 0.25) is 5.91 Å². The summed E-state index contributed by atoms with van der Waals surface area (Å²) in [6.07, 6.45) is 0. The van der Waals surface area contributed by atoms with Crippen LogP contribution in [0.1, 0.15) is 5.56 Å². The first-order valence-corrected chi connectivity index (χ1v) is 12.3. The standard InChI is InChI=1S/C21H23N3O4S2/c1-14-4-3-5-15(10-14)22-20(25)11-24(16-6-8-17(28-2)9-7-16)21-23-18-12-30(26,27)13-19(18)29-21/h3-10,18-19H,11-13H2,1-2H3,(H,22,25)/t18-,19+/m0/s1. The molecule has 0 radical (unpaired) electrons. The van der Waals surface area contributed by atoms with Crippen LogP contribution >= 0.6 is 11.8 Å². The van der Waals surface area contributed by atoms with E-state index in [1.54, 1.807) is 7.11 Å². The molecule has 1 N–H and O–H groups in total. The second kappa shape index (κ2) is 8.31. The third-order valence-electron chi connectivity index (χ3n) is 5.02. The smallest absolute Gasteiger partial charge is 0.244 e. The zero-order valence-electron chi connectivity index (χ0n) is 16.7. The lowest BCUT2D eigenvalue weighted by Crippen LogP contribution is -2.36. The number of benzene rings is 2. The van der Waals surface area contributed by atoms with Gasteiger partial charge in [-0.05, 0) is 48.9 Å². The van der Waals surface area contributed by atoms with E-state index in [0.29, 0.717) is 10.9 Å². The average molecular weight is 446 g/mol. The van der Waals surface area contributed by atoms with E-state index in [0.717, 1.165) is 16.9 Å². The molecule has 7 nitrogen and oxygen atoms in total. The number of thioether (sulfide) groups is 1. The number of anilines is 2. The maximum Gasteiger partial charge on any atom is 0.244 e. The molecule has 1 amide bonds. The molecule has 2 aliphatic rings. The van der Waals surface area contributed by atoms with Crippen molar-refractivity contribution in [2.75, 3.05) is 35.4 Å². The van der Waals surface area contributed by atoms with Crippen molar-refractivity contribution >= 4 is 44.0 Å². The Morgan fingerprint density at radius 3 is 2.67 bits per heavy atom. The Kier molecular flexibility index (Phi) is 5.75. The third-order valence-corrected chi connectivity index (χ3v) is 8.27. The summed E-state index contributed by atoms with van der Waals surface area (Å²) in [6.45, 7) is 2.04. The molecule has 0 aliphatic carbocycles. The average Bonchev–Trinajstić information content (AvgIpc) is 3.19. The number of aryl methyl sites for hydroxylation is 1. The van der Waals surface area contributed by atoms with E-state index < -0.39 is 9.84 Å². The predicted octanol–water partition coefficient (Wildman–Crippen LogP) is 2.72. The monoisotopic (exact) mass is 445 g/mol. The Labute approximate surface area is 180 Å². The number of ether oxygens (including phenoxy) is 1. The van der Waals surface area contributed by atoms with Crippen LogP contribution in [0.25, 0.3) is 0 Å². The van der Waals surface area contributed by atoms with Crippen LogP contribution in [0, 0.1) is 6.92 Å². The topological polar surface area (TPSA) is 88.1 Å². The number of carbonyl (C=O) groups excluding carboxylic acids is 1. The minimum atomic E-state index is -3.04. The van der Waals surface area contributed by atoms with E-state index in [4.69, 9.17) is 4.74 Å². The van der Waals surface area contributed by atoms with Gasteiger partial charge in [-0.3, -0.25) is 9.79 Å². The van der Waals surface area contributed by atoms with Crippen molar-refractivity contribution in [1.82, 2.24) is 0 Å². The van der Waals surface area contributed by atoms with E-state index in [1.807, 2.05) is 60.4 Å². The van der Waals surface area contributed by atoms with Gasteiger partial charge < -0.3 is 15.0 Å². The number of rotatable bonds is 5. The molecule has 0 saturated carbocycles. The summed E-state index contributed by atoms with van der Waals surface area (Å²) in [4.78, 5) is 19.3. The molecule has 4 rings (SSSR count). The van der Waals surface area contributed by atoms with E-state index in [-0.39, 0.29) is 35.2 Å². The second-order valence-electron chi connectivity index (χ2n) is 7.41. The predicted molar refractivity (Wildman–Crippen MR) is 121 cm³/mol. The highest BCUT2D eigenvalue weighted by Gasteiger charge is 2.44. The molecule has 0 spiro atoms. The number of hydrogen-bond acceptors (Lipinski definition) is 7. The molecular formula is C21H23N3O4S2. The van der Waals surface area contributed by atoms with E-state index >= 15 is 0 Å². The molecule has 2 aliphatic heterocycles. The van der Waals surface area contributed by atoms with E-state index in [2.05, 4.69) is 10.3 Å². The van der Waals surface area contributed by atoms with Crippen LogP contribution < -0.4 is 15.0 Å². The Morgan fingerprint density at radius 1 is 1.23 bits per heavy atom. The maximum absolute atomic E-state index is 12.8. The van der Waals surface area contributed by atoms with Crippen LogP contribution in [0.5, 0.6) is 5.75 Å². The first-order valence-electron chi connectivity index (χ1n) is 9.56. The fourth-order valence-electron chi connectivity index (χ4n) is 3.57. The van der Waals surface area contributed by atoms with E-state index in [9.17, 15) is 13.2 Å². The number of amides is 1. The van der Waals surface area contributed by atoms with Crippen molar-refractivity contribution < 1.29 is 17.9 Å². The maximum atomic E-state index is 12.8. The first-order chi connectivity index (χ1) is 14.3. The van der Waals surface area contributed by atoms with Crippen molar-refractivity contribution in [1.29, 1.82) is 0 Å². The molecule has 30 heavy (non-hydrogen) atoms. The van der Waals surface area contributed by atoms with Crippen molar-refractivity contribution in [2.24, 2.45) is 4.99 Å². The first kappa shape index (κ1) is 20.7. The van der Waals surface area contributed by atoms with Crippen molar-refractivity contribution in [3.8, 4) is 5.75 Å². The summed E-state index contributed by atoms with van der Waals surface area (Å²) in [7, 11) is -1.44. The van der Waals surface area contributed by atoms with Gasteiger partial charge in [-0.2, -0.15) is 0 Å². The van der Waals surface area contributed by atoms with Crippen LogP contribution in [0.3, 0.4) is 0 Å². The lowest BCUT2D eigenvalue weighted by Gasteiger charge is -2.24. The van der Waals surface area contributed by atoms with Crippen LogP contribution in [0.4, 0.5) is 11.4 Å². The summed E-state index contributed by atoms with van der Waals surface area (Å²) in [5, 5.41) is 3.51. The molecular weight excluding hydrogens is 422 g/mol. The zero-order chi connectivity index (χ0) is 21.3. The highest BCUT2D eigenvalue weighted by atomic mass is 32.2. The number of methoxy groups -OCH3 is 1. The molecule has 1 fully saturated rings. The van der Waals surface area contributed by atoms with Crippen LogP contribution in [-0.4, -0.2) is 55.9 Å².